The van der Waals surface area contributed by atoms with Crippen molar-refractivity contribution >= 4 is 17.6 Å². The minimum atomic E-state index is -1.03. The predicted molar refractivity (Wildman–Crippen MR) is 59.3 cm³/mol. The van der Waals surface area contributed by atoms with E-state index in [0.29, 0.717) is 13.0 Å². The van der Waals surface area contributed by atoms with E-state index in [1.807, 2.05) is 31.2 Å². The first kappa shape index (κ1) is 10.7. The molecule has 0 aromatic heterocycles. The molecule has 1 aromatic carbocycles. The second-order valence-electron chi connectivity index (χ2n) is 3.96. The van der Waals surface area contributed by atoms with Crippen molar-refractivity contribution in [2.45, 2.75) is 13.3 Å². The summed E-state index contributed by atoms with van der Waals surface area (Å²) < 4.78 is 0. The molecule has 1 aliphatic rings. The van der Waals surface area contributed by atoms with Crippen LogP contribution in [0, 0.1) is 12.8 Å². The first-order valence-corrected chi connectivity index (χ1v) is 5.21. The first-order chi connectivity index (χ1) is 7.61. The normalized spacial score (nSPS) is 20.2. The molecular weight excluding hydrogens is 206 g/mol. The van der Waals surface area contributed by atoms with Crippen molar-refractivity contribution in [1.29, 1.82) is 0 Å². The molecule has 1 heterocycles. The molecular formula is C12H13NO3. The largest absolute Gasteiger partial charge is 0.481 e. The summed E-state index contributed by atoms with van der Waals surface area (Å²) in [7, 11) is 0. The molecule has 16 heavy (non-hydrogen) atoms. The summed E-state index contributed by atoms with van der Waals surface area (Å²) in [6, 6.07) is 7.51. The third-order valence-corrected chi connectivity index (χ3v) is 2.91. The number of benzene rings is 1. The van der Waals surface area contributed by atoms with Gasteiger partial charge >= 0.3 is 5.97 Å². The summed E-state index contributed by atoms with van der Waals surface area (Å²) in [4.78, 5) is 24.2. The number of carbonyl (C=O) groups is 2. The van der Waals surface area contributed by atoms with Crippen molar-refractivity contribution in [1.82, 2.24) is 0 Å². The van der Waals surface area contributed by atoms with E-state index in [9.17, 15) is 9.59 Å². The van der Waals surface area contributed by atoms with Crippen LogP contribution in [0.4, 0.5) is 5.69 Å². The Balaban J connectivity index is 2.29. The molecule has 1 aliphatic heterocycles. The van der Waals surface area contributed by atoms with Crippen LogP contribution >= 0.6 is 0 Å². The van der Waals surface area contributed by atoms with Gasteiger partial charge in [-0.15, -0.1) is 0 Å². The maximum absolute atomic E-state index is 11.8. The molecule has 2 rings (SSSR count). The Morgan fingerprint density at radius 3 is 2.69 bits per heavy atom. The topological polar surface area (TPSA) is 57.6 Å². The Labute approximate surface area is 93.5 Å². The fourth-order valence-electron chi connectivity index (χ4n) is 2.01. The fourth-order valence-corrected chi connectivity index (χ4v) is 2.01. The molecule has 1 aromatic rings. The minimum Gasteiger partial charge on any atom is -0.481 e. The number of nitrogens with zero attached hydrogens (tertiary/aromatic N) is 1. The highest BCUT2D eigenvalue weighted by Crippen LogP contribution is 2.27. The number of carboxylic acid groups (broad SMARTS) is 1. The van der Waals surface area contributed by atoms with Gasteiger partial charge in [0.2, 0.25) is 5.91 Å². The van der Waals surface area contributed by atoms with Crippen LogP contribution in [0.2, 0.25) is 0 Å². The predicted octanol–water partition coefficient (Wildman–Crippen LogP) is 1.43. The summed E-state index contributed by atoms with van der Waals surface area (Å²) in [5.41, 5.74) is 1.80. The maximum Gasteiger partial charge on any atom is 0.316 e. The molecule has 1 fully saturated rings. The third kappa shape index (κ3) is 1.66. The van der Waals surface area contributed by atoms with Crippen LogP contribution in [0.15, 0.2) is 24.3 Å². The van der Waals surface area contributed by atoms with Crippen molar-refractivity contribution in [2.24, 2.45) is 5.92 Å². The number of carboxylic acids is 1. The number of hydrogen-bond acceptors (Lipinski definition) is 2. The van der Waals surface area contributed by atoms with Gasteiger partial charge in [0.1, 0.15) is 5.92 Å². The molecule has 0 spiro atoms. The van der Waals surface area contributed by atoms with E-state index < -0.39 is 11.9 Å². The third-order valence-electron chi connectivity index (χ3n) is 2.91. The molecule has 4 nitrogen and oxygen atoms in total. The van der Waals surface area contributed by atoms with E-state index in [1.54, 1.807) is 4.90 Å². The molecule has 1 atom stereocenters. The van der Waals surface area contributed by atoms with E-state index in [-0.39, 0.29) is 5.91 Å². The average molecular weight is 219 g/mol. The lowest BCUT2D eigenvalue weighted by atomic mass is 10.1. The highest BCUT2D eigenvalue weighted by Gasteiger charge is 2.37. The van der Waals surface area contributed by atoms with Crippen LogP contribution in [0.5, 0.6) is 0 Å². The quantitative estimate of drug-likeness (QED) is 0.765. The summed E-state index contributed by atoms with van der Waals surface area (Å²) in [6.45, 7) is 2.40. The number of carbonyl (C=O) groups excluding carboxylic acids is 1. The lowest BCUT2D eigenvalue weighted by Gasteiger charge is -2.18. The zero-order valence-electron chi connectivity index (χ0n) is 9.01. The second-order valence-corrected chi connectivity index (χ2v) is 3.96. The van der Waals surface area contributed by atoms with Gasteiger partial charge in [0.25, 0.3) is 0 Å². The Bertz CT molecular complexity index is 442. The Morgan fingerprint density at radius 2 is 2.12 bits per heavy atom. The van der Waals surface area contributed by atoms with Gasteiger partial charge in [-0.25, -0.2) is 0 Å². The SMILES string of the molecule is Cc1ccccc1N1CC[C@H](C(=O)O)C1=O. The maximum atomic E-state index is 11.8. The van der Waals surface area contributed by atoms with Crippen molar-refractivity contribution in [3.8, 4) is 0 Å². The number of amides is 1. The van der Waals surface area contributed by atoms with Gasteiger partial charge in [0.05, 0.1) is 0 Å². The Hall–Kier alpha value is -1.84. The molecule has 4 heteroatoms. The summed E-state index contributed by atoms with van der Waals surface area (Å²) in [5, 5.41) is 8.87. The van der Waals surface area contributed by atoms with E-state index >= 15 is 0 Å². The van der Waals surface area contributed by atoms with Crippen LogP contribution < -0.4 is 4.90 Å². The first-order valence-electron chi connectivity index (χ1n) is 5.21. The number of para-hydroxylation sites is 1. The Kier molecular flexibility index (Phi) is 2.64. The van der Waals surface area contributed by atoms with Crippen LogP contribution in [0.25, 0.3) is 0 Å². The van der Waals surface area contributed by atoms with Crippen molar-refractivity contribution in [2.75, 3.05) is 11.4 Å². The second kappa shape index (κ2) is 3.96. The zero-order valence-corrected chi connectivity index (χ0v) is 9.01. The lowest BCUT2D eigenvalue weighted by molar-refractivity contribution is -0.144. The molecule has 0 unspecified atom stereocenters. The van der Waals surface area contributed by atoms with Gasteiger partial charge in [-0.2, -0.15) is 0 Å². The molecule has 84 valence electrons. The van der Waals surface area contributed by atoms with Crippen LogP contribution in [0.3, 0.4) is 0 Å². The molecule has 0 saturated carbocycles. The van der Waals surface area contributed by atoms with Gasteiger partial charge in [0, 0.05) is 12.2 Å². The van der Waals surface area contributed by atoms with Gasteiger partial charge in [-0.3, -0.25) is 9.59 Å². The zero-order chi connectivity index (χ0) is 11.7. The fraction of sp³-hybridized carbons (Fsp3) is 0.333. The number of rotatable bonds is 2. The number of hydrogen-bond donors (Lipinski definition) is 1. The van der Waals surface area contributed by atoms with E-state index in [4.69, 9.17) is 5.11 Å². The Morgan fingerprint density at radius 1 is 1.44 bits per heavy atom. The van der Waals surface area contributed by atoms with Crippen LogP contribution in [-0.2, 0) is 9.59 Å². The van der Waals surface area contributed by atoms with E-state index in [2.05, 4.69) is 0 Å². The highest BCUT2D eigenvalue weighted by molar-refractivity contribution is 6.07. The molecule has 1 N–H and O–H groups in total. The van der Waals surface area contributed by atoms with Gasteiger partial charge in [0.15, 0.2) is 0 Å². The highest BCUT2D eigenvalue weighted by atomic mass is 16.4. The van der Waals surface area contributed by atoms with Gasteiger partial charge in [-0.1, -0.05) is 18.2 Å². The molecule has 0 bridgehead atoms. The van der Waals surface area contributed by atoms with Crippen molar-refractivity contribution in [3.63, 3.8) is 0 Å². The van der Waals surface area contributed by atoms with Gasteiger partial charge < -0.3 is 10.0 Å². The molecule has 1 saturated heterocycles. The molecule has 0 aliphatic carbocycles. The van der Waals surface area contributed by atoms with Crippen molar-refractivity contribution in [3.05, 3.63) is 29.8 Å². The summed E-state index contributed by atoms with van der Waals surface area (Å²) >= 11 is 0. The van der Waals surface area contributed by atoms with Crippen molar-refractivity contribution < 1.29 is 14.7 Å². The minimum absolute atomic E-state index is 0.304. The number of anilines is 1. The van der Waals surface area contributed by atoms with Crippen LogP contribution in [-0.4, -0.2) is 23.5 Å². The summed E-state index contributed by atoms with van der Waals surface area (Å²) in [5.74, 6) is -2.21. The smallest absolute Gasteiger partial charge is 0.316 e. The van der Waals surface area contributed by atoms with Crippen LogP contribution in [0.1, 0.15) is 12.0 Å². The number of aliphatic carboxylic acids is 1. The lowest BCUT2D eigenvalue weighted by Crippen LogP contribution is -2.30. The standard InChI is InChI=1S/C12H13NO3/c1-8-4-2-3-5-10(8)13-7-6-9(11(13)14)12(15)16/h2-5,9H,6-7H2,1H3,(H,15,16)/t9-/m0/s1. The van der Waals surface area contributed by atoms with E-state index in [0.717, 1.165) is 11.3 Å². The average Bonchev–Trinajstić information content (AvgIpc) is 2.61. The monoisotopic (exact) mass is 219 g/mol. The van der Waals surface area contributed by atoms with Gasteiger partial charge in [-0.05, 0) is 25.0 Å². The summed E-state index contributed by atoms with van der Waals surface area (Å²) in [6.07, 6.45) is 0.391. The molecule has 1 amide bonds. The number of aryl methyl sites for hydroxylation is 1. The van der Waals surface area contributed by atoms with E-state index in [1.165, 1.54) is 0 Å². The molecule has 0 radical (unpaired) electrons.